The Balaban J connectivity index is 0.00000627. The Morgan fingerprint density at radius 2 is 1.57 bits per heavy atom. The SMILES string of the molecule is COC(=O)C12CC3CC(CC(NC(=O)[C@H](Cc4ccccc4)NC(=O)CNC(=O)[C@@H](CCSC)NC(=O)C(N)Cc4c(C)cc(O)cc4C)(C3)C1)C2.Cl. The molecule has 7 N–H and O–H groups in total. The van der Waals surface area contributed by atoms with Crippen LogP contribution in [0.25, 0.3) is 0 Å². The van der Waals surface area contributed by atoms with Crippen LogP contribution >= 0.6 is 24.2 Å². The quantitative estimate of drug-likeness (QED) is 0.140. The lowest BCUT2D eigenvalue weighted by atomic mass is 9.47. The summed E-state index contributed by atoms with van der Waals surface area (Å²) in [7, 11) is 1.42. The highest BCUT2D eigenvalue weighted by Gasteiger charge is 2.61. The second-order valence-electron chi connectivity index (χ2n) is 15.2. The molecule has 0 saturated heterocycles. The average Bonchev–Trinajstić information content (AvgIpc) is 3.09. The number of nitrogens with two attached hydrogens (primary N) is 1. The van der Waals surface area contributed by atoms with E-state index in [1.165, 1.54) is 18.9 Å². The van der Waals surface area contributed by atoms with Gasteiger partial charge in [-0.15, -0.1) is 12.4 Å². The number of carbonyl (C=O) groups excluding carboxylic acids is 5. The molecular weight excluding hydrogens is 718 g/mol. The van der Waals surface area contributed by atoms with Gasteiger partial charge in [0.2, 0.25) is 23.6 Å². The van der Waals surface area contributed by atoms with E-state index >= 15 is 0 Å². The Morgan fingerprint density at radius 3 is 2.17 bits per heavy atom. The van der Waals surface area contributed by atoms with Crippen LogP contribution in [0.1, 0.15) is 67.2 Å². The fourth-order valence-corrected chi connectivity index (χ4v) is 9.67. The summed E-state index contributed by atoms with van der Waals surface area (Å²) < 4.78 is 5.24. The molecule has 0 aliphatic heterocycles. The topological polar surface area (TPSA) is 189 Å². The van der Waals surface area contributed by atoms with Gasteiger partial charge in [-0.2, -0.15) is 11.8 Å². The fraction of sp³-hybridized carbons (Fsp3) is 0.564. The summed E-state index contributed by atoms with van der Waals surface area (Å²) in [6.45, 7) is 3.27. The van der Waals surface area contributed by atoms with Crippen LogP contribution in [-0.2, 0) is 41.6 Å². The Labute approximate surface area is 322 Å². The summed E-state index contributed by atoms with van der Waals surface area (Å²) in [5.74, 6) is -0.755. The molecule has 5 atom stereocenters. The minimum absolute atomic E-state index is 0. The number of carbonyl (C=O) groups is 5. The van der Waals surface area contributed by atoms with Crippen molar-refractivity contribution in [2.75, 3.05) is 25.7 Å². The molecular formula is C39H54ClN5O7S. The van der Waals surface area contributed by atoms with Crippen molar-refractivity contribution in [2.45, 2.75) is 95.3 Å². The highest BCUT2D eigenvalue weighted by atomic mass is 35.5. The minimum atomic E-state index is -0.941. The van der Waals surface area contributed by atoms with Gasteiger partial charge in [0, 0.05) is 12.0 Å². The first-order valence-corrected chi connectivity index (χ1v) is 19.5. The third kappa shape index (κ3) is 10.2. The van der Waals surface area contributed by atoms with Gasteiger partial charge in [-0.25, -0.2) is 0 Å². The van der Waals surface area contributed by atoms with Crippen molar-refractivity contribution in [3.63, 3.8) is 0 Å². The molecule has 4 saturated carbocycles. The zero-order valence-corrected chi connectivity index (χ0v) is 32.6. The van der Waals surface area contributed by atoms with E-state index in [1.807, 2.05) is 50.4 Å². The number of aryl methyl sites for hydroxylation is 2. The van der Waals surface area contributed by atoms with Gasteiger partial charge in [0.25, 0.3) is 0 Å². The number of thioether (sulfide) groups is 1. The molecule has 0 radical (unpaired) electrons. The maximum Gasteiger partial charge on any atom is 0.311 e. The number of halogens is 1. The van der Waals surface area contributed by atoms with Crippen molar-refractivity contribution in [2.24, 2.45) is 23.0 Å². The molecule has 4 aliphatic rings. The molecule has 0 spiro atoms. The summed E-state index contributed by atoms with van der Waals surface area (Å²) in [5.41, 5.74) is 8.46. The molecule has 6 rings (SSSR count). The van der Waals surface area contributed by atoms with Crippen LogP contribution in [-0.4, -0.2) is 84.0 Å². The van der Waals surface area contributed by atoms with Crippen LogP contribution in [0.2, 0.25) is 0 Å². The number of esters is 1. The standard InChI is InChI=1S/C39H53N5O7S.ClH/c1-23-12-28(45)13-24(2)29(23)16-30(40)34(47)43-31(10-11-52-4)35(48)41-21-33(46)42-32(15-25-8-6-5-7-9-25)36(49)44-39-19-26-14-27(20-39)18-38(17-26,22-39)37(50)51-3;/h5-9,12-13,26-27,30-32,45H,10-11,14-22,40H2,1-4H3,(H,41,48)(H,42,46)(H,43,47)(H,44,49);1H/t26?,27?,30?,31-,32+,38?,39?;/m1./s1. The molecule has 4 fully saturated rings. The van der Waals surface area contributed by atoms with Crippen molar-refractivity contribution in [1.29, 1.82) is 0 Å². The molecule has 290 valence electrons. The van der Waals surface area contributed by atoms with Crippen molar-refractivity contribution in [1.82, 2.24) is 21.3 Å². The van der Waals surface area contributed by atoms with E-state index in [9.17, 15) is 29.1 Å². The molecule has 4 amide bonds. The largest absolute Gasteiger partial charge is 0.508 e. The molecule has 0 aromatic heterocycles. The first-order chi connectivity index (χ1) is 24.7. The summed E-state index contributed by atoms with van der Waals surface area (Å²) >= 11 is 1.52. The third-order valence-electron chi connectivity index (χ3n) is 11.1. The number of methoxy groups -OCH3 is 1. The van der Waals surface area contributed by atoms with Crippen LogP contribution in [0, 0.1) is 31.1 Å². The summed E-state index contributed by atoms with van der Waals surface area (Å²) in [6.07, 6.45) is 7.37. The second kappa shape index (κ2) is 18.0. The maximum absolute atomic E-state index is 14.0. The van der Waals surface area contributed by atoms with Crippen LogP contribution in [0.4, 0.5) is 0 Å². The van der Waals surface area contributed by atoms with Gasteiger partial charge in [0.05, 0.1) is 25.1 Å². The van der Waals surface area contributed by atoms with Crippen molar-refractivity contribution in [3.05, 3.63) is 64.7 Å². The van der Waals surface area contributed by atoms with Gasteiger partial charge in [0.15, 0.2) is 0 Å². The second-order valence-corrected chi connectivity index (χ2v) is 16.2. The number of hydrogen-bond donors (Lipinski definition) is 6. The number of phenols is 1. The summed E-state index contributed by atoms with van der Waals surface area (Å²) in [6, 6.07) is 9.83. The first-order valence-electron chi connectivity index (χ1n) is 18.1. The normalized spacial score (nSPS) is 24.2. The molecule has 12 nitrogen and oxygen atoms in total. The van der Waals surface area contributed by atoms with Crippen molar-refractivity contribution in [3.8, 4) is 5.75 Å². The number of aromatic hydroxyl groups is 1. The number of benzene rings is 2. The first kappa shape index (κ1) is 41.9. The van der Waals surface area contributed by atoms with E-state index in [4.69, 9.17) is 10.5 Å². The Hall–Kier alpha value is -3.81. The van der Waals surface area contributed by atoms with Gasteiger partial charge in [-0.3, -0.25) is 24.0 Å². The lowest BCUT2D eigenvalue weighted by molar-refractivity contribution is -0.173. The summed E-state index contributed by atoms with van der Waals surface area (Å²) in [4.78, 5) is 66.9. The molecule has 0 heterocycles. The Morgan fingerprint density at radius 1 is 0.925 bits per heavy atom. The number of nitrogens with one attached hydrogen (secondary N) is 4. The lowest BCUT2D eigenvalue weighted by Crippen LogP contribution is -2.67. The smallest absolute Gasteiger partial charge is 0.311 e. The lowest BCUT2D eigenvalue weighted by Gasteiger charge is -2.60. The van der Waals surface area contributed by atoms with E-state index in [2.05, 4.69) is 21.3 Å². The zero-order chi connectivity index (χ0) is 37.6. The van der Waals surface area contributed by atoms with Crippen molar-refractivity contribution < 1.29 is 33.8 Å². The predicted octanol–water partition coefficient (Wildman–Crippen LogP) is 3.01. The maximum atomic E-state index is 14.0. The van der Waals surface area contributed by atoms with Gasteiger partial charge in [-0.1, -0.05) is 30.3 Å². The number of hydrogen-bond acceptors (Lipinski definition) is 9. The minimum Gasteiger partial charge on any atom is -0.508 e. The van der Waals surface area contributed by atoms with Crippen LogP contribution < -0.4 is 27.0 Å². The Kier molecular flexibility index (Phi) is 14.3. The molecule has 2 aromatic rings. The number of rotatable bonds is 16. The van der Waals surface area contributed by atoms with E-state index in [0.29, 0.717) is 30.4 Å². The number of phenolic OH excluding ortho intramolecular Hbond substituents is 1. The van der Waals surface area contributed by atoms with Crippen LogP contribution in [0.5, 0.6) is 5.75 Å². The van der Waals surface area contributed by atoms with Gasteiger partial charge in [-0.05, 0) is 123 Å². The molecule has 4 bridgehead atoms. The Bertz CT molecular complexity index is 1620. The number of amides is 4. The van der Waals surface area contributed by atoms with Crippen LogP contribution in [0.15, 0.2) is 42.5 Å². The van der Waals surface area contributed by atoms with E-state index in [0.717, 1.165) is 54.4 Å². The molecule has 2 aromatic carbocycles. The molecule has 53 heavy (non-hydrogen) atoms. The van der Waals surface area contributed by atoms with Crippen LogP contribution in [0.3, 0.4) is 0 Å². The van der Waals surface area contributed by atoms with Gasteiger partial charge in [0.1, 0.15) is 17.8 Å². The van der Waals surface area contributed by atoms with E-state index in [1.54, 1.807) is 12.1 Å². The third-order valence-corrected chi connectivity index (χ3v) is 11.8. The highest BCUT2D eigenvalue weighted by molar-refractivity contribution is 7.98. The molecule has 14 heteroatoms. The molecule has 3 unspecified atom stereocenters. The number of ether oxygens (including phenoxy) is 1. The zero-order valence-electron chi connectivity index (χ0n) is 31.0. The van der Waals surface area contributed by atoms with E-state index in [-0.39, 0.29) is 42.9 Å². The van der Waals surface area contributed by atoms with E-state index < -0.39 is 53.3 Å². The van der Waals surface area contributed by atoms with Crippen molar-refractivity contribution >= 4 is 53.8 Å². The highest BCUT2D eigenvalue weighted by Crippen LogP contribution is 2.62. The summed E-state index contributed by atoms with van der Waals surface area (Å²) in [5, 5.41) is 21.4. The average molecular weight is 772 g/mol. The monoisotopic (exact) mass is 771 g/mol. The fourth-order valence-electron chi connectivity index (χ4n) is 9.20. The predicted molar refractivity (Wildman–Crippen MR) is 207 cm³/mol. The van der Waals surface area contributed by atoms with Gasteiger partial charge < -0.3 is 36.8 Å². The molecule has 4 aliphatic carbocycles. The van der Waals surface area contributed by atoms with Gasteiger partial charge >= 0.3 is 5.97 Å².